The largest absolute Gasteiger partial charge is 0.309 e. The van der Waals surface area contributed by atoms with Crippen molar-refractivity contribution >= 4 is 132 Å². The van der Waals surface area contributed by atoms with Crippen LogP contribution in [0.5, 0.6) is 0 Å². The van der Waals surface area contributed by atoms with Gasteiger partial charge in [0, 0.05) is 136 Å². The van der Waals surface area contributed by atoms with Crippen LogP contribution in [0.3, 0.4) is 0 Å². The summed E-state index contributed by atoms with van der Waals surface area (Å²) < 4.78 is 12.7. The Morgan fingerprint density at radius 1 is 0.256 bits per heavy atom. The number of hydrogen-bond donors (Lipinski definition) is 0. The van der Waals surface area contributed by atoms with Crippen LogP contribution in [-0.2, 0) is 0 Å². The Bertz CT molecular complexity index is 8380. The third kappa shape index (κ3) is 10.9. The number of rotatable bonds is 12. The van der Waals surface area contributed by atoms with Crippen LogP contribution < -0.4 is 4.48 Å². The maximum absolute atomic E-state index is 10.1. The van der Waals surface area contributed by atoms with Crippen molar-refractivity contribution in [3.8, 4) is 113 Å². The zero-order valence-corrected chi connectivity index (χ0v) is 67.7. The van der Waals surface area contributed by atoms with Crippen LogP contribution in [0.25, 0.3) is 220 Å². The third-order valence-corrected chi connectivity index (χ3v) is 26.3. The average molecular weight is 1590 g/mol. The first kappa shape index (κ1) is 70.9. The standard InChI is InChI=1S/C115H71N10/c1-117-79-60-62-119-103(64-79)78-41-37-74(38-42-78)95-70-96(75-43-47-80(48-44-75)120-110-55-51-82(122-104-27-11-3-19-86(104)87-20-4-12-28-105(87)122)65-98(110)99-66-83(52-56-111(99)120)123-106-29-13-5-21-88(106)89-22-6-14-30-107(89)123)94(73-35-39-77(40-36-73)102-63-72(71-116)59-61-118-102)69-97(95)76-45-49-81(50-46-76)121-112-57-53-84(124-108-31-15-7-23-90(108)91-24-8-16-32-109(91)124)67-100(112)101-68-85(54-58-113(101)121)125(2)114-33-17-9-25-92(114)93-26-10-18-34-115(93)125/h3-70H,2H3/q+1. The highest BCUT2D eigenvalue weighted by Crippen LogP contribution is 2.57. The van der Waals surface area contributed by atoms with Crippen LogP contribution in [-0.4, -0.2) is 39.9 Å². The zero-order valence-electron chi connectivity index (χ0n) is 67.7. The lowest BCUT2D eigenvalue weighted by molar-refractivity contribution is 0.643. The van der Waals surface area contributed by atoms with Crippen molar-refractivity contribution in [3.63, 3.8) is 0 Å². The molecule has 0 saturated heterocycles. The van der Waals surface area contributed by atoms with Crippen LogP contribution >= 0.6 is 0 Å². The Hall–Kier alpha value is -17.0. The van der Waals surface area contributed by atoms with Crippen LogP contribution in [0.2, 0.25) is 0 Å². The number of pyridine rings is 2. The van der Waals surface area contributed by atoms with E-state index < -0.39 is 0 Å². The molecule has 10 heteroatoms. The first-order valence-corrected chi connectivity index (χ1v) is 42.3. The molecular weight excluding hydrogens is 1520 g/mol. The van der Waals surface area contributed by atoms with Gasteiger partial charge in [-0.1, -0.05) is 206 Å². The van der Waals surface area contributed by atoms with Gasteiger partial charge in [0.05, 0.1) is 91.8 Å². The Morgan fingerprint density at radius 3 is 0.912 bits per heavy atom. The lowest BCUT2D eigenvalue weighted by Gasteiger charge is -2.30. The van der Waals surface area contributed by atoms with Gasteiger partial charge in [-0.2, -0.15) is 5.26 Å². The summed E-state index contributed by atoms with van der Waals surface area (Å²) in [7, 11) is 2.35. The van der Waals surface area contributed by atoms with Crippen LogP contribution in [0.15, 0.2) is 413 Å². The third-order valence-electron chi connectivity index (χ3n) is 26.3. The van der Waals surface area contributed by atoms with E-state index in [0.29, 0.717) is 15.7 Å². The van der Waals surface area contributed by atoms with E-state index in [9.17, 15) is 5.26 Å². The van der Waals surface area contributed by atoms with Crippen molar-refractivity contribution in [2.75, 3.05) is 7.05 Å². The number of benzene rings is 17. The second-order valence-corrected chi connectivity index (χ2v) is 32.9. The summed E-state index contributed by atoms with van der Waals surface area (Å²) >= 11 is 0. The van der Waals surface area contributed by atoms with Crippen molar-refractivity contribution in [2.24, 2.45) is 0 Å². The lowest BCUT2D eigenvalue weighted by Crippen LogP contribution is -2.31. The molecule has 0 aliphatic carbocycles. The normalized spacial score (nSPS) is 12.4. The van der Waals surface area contributed by atoms with E-state index in [1.807, 2.05) is 12.1 Å². The fourth-order valence-electron chi connectivity index (χ4n) is 20.5. The monoisotopic (exact) mass is 1590 g/mol. The van der Waals surface area contributed by atoms with Crippen molar-refractivity contribution in [2.45, 2.75) is 0 Å². The molecule has 0 unspecified atom stereocenters. The topological polar surface area (TPSA) is 78.6 Å². The van der Waals surface area contributed by atoms with E-state index in [2.05, 4.69) is 417 Å². The molecule has 0 saturated carbocycles. The van der Waals surface area contributed by atoms with Gasteiger partial charge in [-0.05, 0) is 220 Å². The Morgan fingerprint density at radius 2 is 0.544 bits per heavy atom. The summed E-state index contributed by atoms with van der Waals surface area (Å²) in [5.74, 6) is 0. The second kappa shape index (κ2) is 27.8. The second-order valence-electron chi connectivity index (χ2n) is 32.9. The maximum atomic E-state index is 10.1. The first-order chi connectivity index (χ1) is 61.8. The van der Waals surface area contributed by atoms with E-state index in [1.165, 1.54) is 60.5 Å². The molecule has 25 rings (SSSR count). The molecule has 10 nitrogen and oxygen atoms in total. The summed E-state index contributed by atoms with van der Waals surface area (Å²) in [5, 5.41) is 22.0. The molecule has 0 amide bonds. The molecule has 1 aliphatic heterocycles. The molecule has 17 aromatic carbocycles. The van der Waals surface area contributed by atoms with E-state index in [-0.39, 0.29) is 0 Å². The quantitative estimate of drug-likeness (QED) is 0.0903. The molecule has 0 radical (unpaired) electrons. The number of fused-ring (bicyclic) bond motifs is 18. The zero-order chi connectivity index (χ0) is 82.7. The summed E-state index contributed by atoms with van der Waals surface area (Å²) in [5.41, 5.74) is 35.4. The van der Waals surface area contributed by atoms with Gasteiger partial charge < -0.3 is 22.8 Å². The highest BCUT2D eigenvalue weighted by atomic mass is 15.4. The molecule has 580 valence electrons. The van der Waals surface area contributed by atoms with Crippen molar-refractivity contribution in [3.05, 3.63) is 430 Å². The Balaban J connectivity index is 0.675. The molecule has 8 heterocycles. The highest BCUT2D eigenvalue weighted by Gasteiger charge is 2.42. The SMILES string of the molecule is [C-]#[N+]c1ccnc(-c2ccc(-c3cc(-c4ccc(-n5c6ccc(-n7c8ccccc8c8ccccc87)cc6c6cc(-n7c8ccccc8c8ccccc87)ccc65)cc4)c(-c4ccc(-c5cc(C#N)ccn5)cc4)cc3-c3ccc(-n4c5ccc(-n6c7ccccc7c7ccccc76)cc5c5cc([N+]6(C)c7ccccc7-c7ccccc76)ccc54)cc3)cc2)c1. The molecule has 0 bridgehead atoms. The molecule has 7 aromatic heterocycles. The smallest absolute Gasteiger partial charge is 0.190 e. The van der Waals surface area contributed by atoms with Crippen molar-refractivity contribution < 1.29 is 0 Å². The van der Waals surface area contributed by atoms with Gasteiger partial charge >= 0.3 is 0 Å². The number of quaternary nitrogens is 1. The minimum atomic E-state index is 0.528. The average Bonchev–Trinajstić information content (AvgIpc) is 1.53. The predicted octanol–water partition coefficient (Wildman–Crippen LogP) is 30.0. The predicted molar refractivity (Wildman–Crippen MR) is 516 cm³/mol. The van der Waals surface area contributed by atoms with Crippen LogP contribution in [0, 0.1) is 17.9 Å². The Labute approximate surface area is 719 Å². The molecule has 1 aliphatic rings. The van der Waals surface area contributed by atoms with Gasteiger partial charge in [0.25, 0.3) is 0 Å². The van der Waals surface area contributed by atoms with Gasteiger partial charge in [-0.3, -0.25) is 9.97 Å². The van der Waals surface area contributed by atoms with Gasteiger partial charge in [-0.15, -0.1) is 0 Å². The lowest BCUT2D eigenvalue weighted by atomic mass is 9.85. The molecule has 125 heavy (non-hydrogen) atoms. The number of para-hydroxylation sites is 8. The van der Waals surface area contributed by atoms with Gasteiger partial charge in [0.1, 0.15) is 5.69 Å². The van der Waals surface area contributed by atoms with Crippen LogP contribution in [0.1, 0.15) is 5.56 Å². The minimum Gasteiger partial charge on any atom is -0.309 e. The molecule has 24 aromatic rings. The van der Waals surface area contributed by atoms with Gasteiger partial charge in [0.2, 0.25) is 0 Å². The summed E-state index contributed by atoms with van der Waals surface area (Å²) in [6.45, 7) is 7.91. The van der Waals surface area contributed by atoms with Crippen molar-refractivity contribution in [1.82, 2.24) is 37.3 Å². The summed E-state index contributed by atoms with van der Waals surface area (Å²) in [4.78, 5) is 13.3. The Kier molecular flexibility index (Phi) is 15.8. The molecular formula is C115H71N10+. The molecule has 0 N–H and O–H groups in total. The molecule has 0 atom stereocenters. The first-order valence-electron chi connectivity index (χ1n) is 42.3. The number of nitriles is 1. The molecule has 0 fully saturated rings. The number of hydrogen-bond acceptors (Lipinski definition) is 3. The van der Waals surface area contributed by atoms with E-state index >= 15 is 0 Å². The highest BCUT2D eigenvalue weighted by molar-refractivity contribution is 6.17. The van der Waals surface area contributed by atoms with E-state index in [0.717, 1.165) is 172 Å². The minimum absolute atomic E-state index is 0.528. The van der Waals surface area contributed by atoms with Gasteiger partial charge in [-0.25, -0.2) is 9.33 Å². The van der Waals surface area contributed by atoms with E-state index in [1.54, 1.807) is 24.5 Å². The van der Waals surface area contributed by atoms with Crippen LogP contribution in [0.4, 0.5) is 22.7 Å². The van der Waals surface area contributed by atoms with E-state index in [4.69, 9.17) is 16.5 Å². The van der Waals surface area contributed by atoms with Gasteiger partial charge in [0.15, 0.2) is 17.1 Å². The summed E-state index contributed by atoms with van der Waals surface area (Å²) in [6, 6.07) is 148. The summed E-state index contributed by atoms with van der Waals surface area (Å²) in [6.07, 6.45) is 3.42. The number of aromatic nitrogens is 7. The fraction of sp³-hybridized carbons (Fsp3) is 0.00870. The van der Waals surface area contributed by atoms with Crippen molar-refractivity contribution in [1.29, 1.82) is 5.26 Å². The maximum Gasteiger partial charge on any atom is 0.190 e. The number of nitrogens with zero attached hydrogens (tertiary/aromatic N) is 10. The molecule has 0 spiro atoms. The fourth-order valence-corrected chi connectivity index (χ4v) is 20.5.